The van der Waals surface area contributed by atoms with Crippen LogP contribution in [0.25, 0.3) is 0 Å². The molecular formula is C13H17N3O3. The van der Waals surface area contributed by atoms with Crippen molar-refractivity contribution in [1.82, 2.24) is 15.0 Å². The Balaban J connectivity index is 2.08. The number of amides is 1. The van der Waals surface area contributed by atoms with Gasteiger partial charge in [0.2, 0.25) is 5.89 Å². The lowest BCUT2D eigenvalue weighted by atomic mass is 10.2. The van der Waals surface area contributed by atoms with Gasteiger partial charge < -0.3 is 13.8 Å². The Kier molecular flexibility index (Phi) is 3.99. The highest BCUT2D eigenvalue weighted by atomic mass is 16.5. The van der Waals surface area contributed by atoms with Gasteiger partial charge in [0.25, 0.3) is 5.91 Å². The van der Waals surface area contributed by atoms with Crippen LogP contribution in [0.3, 0.4) is 0 Å². The van der Waals surface area contributed by atoms with Crippen molar-refractivity contribution in [3.8, 4) is 0 Å². The topological polar surface area (TPSA) is 72.4 Å². The van der Waals surface area contributed by atoms with E-state index in [1.165, 1.54) is 12.5 Å². The molecule has 6 nitrogen and oxygen atoms in total. The molecule has 1 amide bonds. The molecule has 19 heavy (non-hydrogen) atoms. The number of aromatic nitrogens is 2. The van der Waals surface area contributed by atoms with Gasteiger partial charge in [0.05, 0.1) is 11.8 Å². The summed E-state index contributed by atoms with van der Waals surface area (Å²) >= 11 is 0. The minimum Gasteiger partial charge on any atom is -0.472 e. The van der Waals surface area contributed by atoms with Crippen LogP contribution in [-0.4, -0.2) is 27.5 Å². The third kappa shape index (κ3) is 3.01. The first-order valence-corrected chi connectivity index (χ1v) is 6.25. The minimum atomic E-state index is -0.111. The van der Waals surface area contributed by atoms with Crippen molar-refractivity contribution in [2.24, 2.45) is 0 Å². The van der Waals surface area contributed by atoms with Crippen LogP contribution in [0.15, 0.2) is 27.5 Å². The molecule has 0 spiro atoms. The summed E-state index contributed by atoms with van der Waals surface area (Å²) in [5.41, 5.74) is 0.519. The van der Waals surface area contributed by atoms with Gasteiger partial charge in [0.15, 0.2) is 5.82 Å². The maximum atomic E-state index is 12.2. The van der Waals surface area contributed by atoms with Gasteiger partial charge in [-0.15, -0.1) is 0 Å². The van der Waals surface area contributed by atoms with Crippen LogP contribution in [0.1, 0.15) is 48.8 Å². The molecule has 0 saturated heterocycles. The molecule has 0 aliphatic carbocycles. The molecule has 0 aliphatic rings. The molecule has 6 heteroatoms. The zero-order chi connectivity index (χ0) is 13.8. The largest absolute Gasteiger partial charge is 0.472 e. The average molecular weight is 263 g/mol. The molecule has 2 aromatic heterocycles. The highest BCUT2D eigenvalue weighted by Crippen LogP contribution is 2.13. The second kappa shape index (κ2) is 5.69. The smallest absolute Gasteiger partial charge is 0.257 e. The van der Waals surface area contributed by atoms with Gasteiger partial charge in [-0.1, -0.05) is 19.0 Å². The first-order chi connectivity index (χ1) is 9.11. The molecule has 0 atom stereocenters. The van der Waals surface area contributed by atoms with E-state index < -0.39 is 0 Å². The lowest BCUT2D eigenvalue weighted by Crippen LogP contribution is -2.30. The number of hydrogen-bond acceptors (Lipinski definition) is 5. The number of carbonyl (C=O) groups is 1. The van der Waals surface area contributed by atoms with Crippen LogP contribution >= 0.6 is 0 Å². The van der Waals surface area contributed by atoms with Crippen molar-refractivity contribution in [2.75, 3.05) is 6.54 Å². The fourth-order valence-corrected chi connectivity index (χ4v) is 1.63. The highest BCUT2D eigenvalue weighted by Gasteiger charge is 2.19. The Morgan fingerprint density at radius 1 is 1.47 bits per heavy atom. The Bertz CT molecular complexity index is 531. The predicted molar refractivity (Wildman–Crippen MR) is 67.5 cm³/mol. The molecule has 0 bridgehead atoms. The van der Waals surface area contributed by atoms with E-state index in [0.717, 1.165) is 0 Å². The van der Waals surface area contributed by atoms with Gasteiger partial charge in [-0.2, -0.15) is 4.98 Å². The fourth-order valence-electron chi connectivity index (χ4n) is 1.63. The lowest BCUT2D eigenvalue weighted by molar-refractivity contribution is 0.0734. The molecule has 102 valence electrons. The zero-order valence-electron chi connectivity index (χ0n) is 11.3. The second-order valence-electron chi connectivity index (χ2n) is 4.53. The molecule has 0 N–H and O–H groups in total. The van der Waals surface area contributed by atoms with Gasteiger partial charge in [-0.3, -0.25) is 4.79 Å². The van der Waals surface area contributed by atoms with Crippen molar-refractivity contribution in [3.63, 3.8) is 0 Å². The third-order valence-electron chi connectivity index (χ3n) is 2.76. The van der Waals surface area contributed by atoms with Gasteiger partial charge in [0.1, 0.15) is 12.8 Å². The van der Waals surface area contributed by atoms with Gasteiger partial charge in [-0.05, 0) is 13.0 Å². The second-order valence-corrected chi connectivity index (χ2v) is 4.53. The predicted octanol–water partition coefficient (Wildman–Crippen LogP) is 2.45. The van der Waals surface area contributed by atoms with Crippen LogP contribution in [0.5, 0.6) is 0 Å². The Morgan fingerprint density at radius 3 is 2.79 bits per heavy atom. The normalized spacial score (nSPS) is 10.9. The molecule has 2 aromatic rings. The highest BCUT2D eigenvalue weighted by molar-refractivity contribution is 5.93. The maximum Gasteiger partial charge on any atom is 0.257 e. The van der Waals surface area contributed by atoms with Crippen LogP contribution < -0.4 is 0 Å². The van der Waals surface area contributed by atoms with Gasteiger partial charge in [0, 0.05) is 12.5 Å². The molecule has 0 aliphatic heterocycles. The molecule has 0 radical (unpaired) electrons. The Hall–Kier alpha value is -2.11. The molecule has 0 aromatic carbocycles. The number of carbonyl (C=O) groups excluding carboxylic acids is 1. The van der Waals surface area contributed by atoms with E-state index >= 15 is 0 Å². The first kappa shape index (κ1) is 13.3. The van der Waals surface area contributed by atoms with Gasteiger partial charge >= 0.3 is 0 Å². The number of hydrogen-bond donors (Lipinski definition) is 0. The van der Waals surface area contributed by atoms with Gasteiger partial charge in [-0.25, -0.2) is 0 Å². The fraction of sp³-hybridized carbons (Fsp3) is 0.462. The van der Waals surface area contributed by atoms with Crippen molar-refractivity contribution >= 4 is 5.91 Å². The number of furan rings is 1. The average Bonchev–Trinajstić information content (AvgIpc) is 3.06. The van der Waals surface area contributed by atoms with Crippen LogP contribution in [-0.2, 0) is 6.54 Å². The van der Waals surface area contributed by atoms with E-state index in [1.54, 1.807) is 11.0 Å². The third-order valence-corrected chi connectivity index (χ3v) is 2.76. The van der Waals surface area contributed by atoms with E-state index in [0.29, 0.717) is 30.4 Å². The monoisotopic (exact) mass is 263 g/mol. The molecule has 0 unspecified atom stereocenters. The molecule has 0 fully saturated rings. The van der Waals surface area contributed by atoms with Crippen LogP contribution in [0.2, 0.25) is 0 Å². The molecule has 0 saturated carbocycles. The van der Waals surface area contributed by atoms with Crippen molar-refractivity contribution in [2.45, 2.75) is 33.2 Å². The Labute approximate surface area is 111 Å². The lowest BCUT2D eigenvalue weighted by Gasteiger charge is -2.17. The zero-order valence-corrected chi connectivity index (χ0v) is 11.3. The first-order valence-electron chi connectivity index (χ1n) is 6.25. The summed E-state index contributed by atoms with van der Waals surface area (Å²) in [5, 5.41) is 3.88. The van der Waals surface area contributed by atoms with Crippen molar-refractivity contribution < 1.29 is 13.7 Å². The summed E-state index contributed by atoms with van der Waals surface area (Å²) in [4.78, 5) is 18.1. The minimum absolute atomic E-state index is 0.111. The van der Waals surface area contributed by atoms with Crippen LogP contribution in [0.4, 0.5) is 0 Å². The van der Waals surface area contributed by atoms with Crippen molar-refractivity contribution in [1.29, 1.82) is 0 Å². The molecule has 2 heterocycles. The van der Waals surface area contributed by atoms with E-state index in [9.17, 15) is 4.79 Å². The summed E-state index contributed by atoms with van der Waals surface area (Å²) in [6.07, 6.45) is 2.91. The Morgan fingerprint density at radius 2 is 2.26 bits per heavy atom. The quantitative estimate of drug-likeness (QED) is 0.828. The van der Waals surface area contributed by atoms with E-state index in [-0.39, 0.29) is 11.8 Å². The maximum absolute atomic E-state index is 12.2. The van der Waals surface area contributed by atoms with Crippen molar-refractivity contribution in [3.05, 3.63) is 35.9 Å². The summed E-state index contributed by atoms with van der Waals surface area (Å²) in [6.45, 7) is 6.74. The van der Waals surface area contributed by atoms with E-state index in [2.05, 4.69) is 10.1 Å². The summed E-state index contributed by atoms with van der Waals surface area (Å²) in [5.74, 6) is 1.20. The summed E-state index contributed by atoms with van der Waals surface area (Å²) in [6, 6.07) is 1.64. The number of nitrogens with zero attached hydrogens (tertiary/aromatic N) is 3. The number of rotatable bonds is 5. The van der Waals surface area contributed by atoms with E-state index in [1.807, 2.05) is 20.8 Å². The SMILES string of the molecule is CCN(Cc1nc(C(C)C)no1)C(=O)c1ccoc1. The summed E-state index contributed by atoms with van der Waals surface area (Å²) in [7, 11) is 0. The van der Waals surface area contributed by atoms with E-state index in [4.69, 9.17) is 8.94 Å². The molecule has 2 rings (SSSR count). The summed E-state index contributed by atoms with van der Waals surface area (Å²) < 4.78 is 10.1. The van der Waals surface area contributed by atoms with Crippen LogP contribution in [0, 0.1) is 0 Å². The standard InChI is InChI=1S/C13H17N3O3/c1-4-16(13(17)10-5-6-18-8-10)7-11-14-12(9(2)3)15-19-11/h5-6,8-9H,4,7H2,1-3H3. The molecular weight excluding hydrogens is 246 g/mol.